The van der Waals surface area contributed by atoms with E-state index in [9.17, 15) is 9.90 Å². The highest BCUT2D eigenvalue weighted by atomic mass is 35.5. The van der Waals surface area contributed by atoms with Crippen molar-refractivity contribution in [1.29, 1.82) is 0 Å². The van der Waals surface area contributed by atoms with Crippen LogP contribution in [-0.2, 0) is 4.79 Å². The lowest BCUT2D eigenvalue weighted by Gasteiger charge is -2.47. The molecule has 3 aliphatic rings. The fraction of sp³-hybridized carbons (Fsp3) is 0.938. The zero-order valence-corrected chi connectivity index (χ0v) is 12.8. The Morgan fingerprint density at radius 3 is 2.30 bits per heavy atom. The Hall–Kier alpha value is -0.280. The van der Waals surface area contributed by atoms with Gasteiger partial charge in [-0.25, -0.2) is 0 Å². The maximum atomic E-state index is 11.7. The van der Waals surface area contributed by atoms with Gasteiger partial charge in [0.05, 0.1) is 5.92 Å². The molecule has 2 aliphatic carbocycles. The van der Waals surface area contributed by atoms with Gasteiger partial charge in [0, 0.05) is 17.5 Å². The molecule has 1 aliphatic heterocycles. The topological polar surface area (TPSA) is 49.3 Å². The molecule has 0 aromatic heterocycles. The first kappa shape index (κ1) is 14.6. The number of hydrogen-bond acceptors (Lipinski definition) is 2. The van der Waals surface area contributed by atoms with Crippen molar-refractivity contribution < 1.29 is 9.90 Å². The van der Waals surface area contributed by atoms with E-state index in [1.54, 1.807) is 0 Å². The van der Waals surface area contributed by atoms with E-state index < -0.39 is 5.97 Å². The van der Waals surface area contributed by atoms with Crippen molar-refractivity contribution in [3.05, 3.63) is 0 Å². The summed E-state index contributed by atoms with van der Waals surface area (Å²) in [6.07, 6.45) is 10.2. The number of halogens is 1. The number of alkyl halides is 1. The Balaban J connectivity index is 1.74. The normalized spacial score (nSPS) is 45.6. The van der Waals surface area contributed by atoms with Crippen LogP contribution in [0.25, 0.3) is 0 Å². The van der Waals surface area contributed by atoms with Crippen molar-refractivity contribution in [2.24, 2.45) is 17.8 Å². The number of carboxylic acid groups (broad SMARTS) is 1. The second kappa shape index (κ2) is 6.23. The lowest BCUT2D eigenvalue weighted by atomic mass is 9.68. The molecule has 1 heterocycles. The smallest absolute Gasteiger partial charge is 0.306 e. The van der Waals surface area contributed by atoms with Crippen molar-refractivity contribution in [3.8, 4) is 0 Å². The van der Waals surface area contributed by atoms with Gasteiger partial charge in [-0.2, -0.15) is 0 Å². The maximum absolute atomic E-state index is 11.7. The van der Waals surface area contributed by atoms with Gasteiger partial charge >= 0.3 is 5.97 Å². The Morgan fingerprint density at radius 1 is 0.950 bits per heavy atom. The third-order valence-corrected chi connectivity index (χ3v) is 6.38. The Labute approximate surface area is 126 Å². The van der Waals surface area contributed by atoms with Gasteiger partial charge in [0.15, 0.2) is 0 Å². The fourth-order valence-electron chi connectivity index (χ4n) is 4.79. The zero-order chi connectivity index (χ0) is 14.1. The zero-order valence-electron chi connectivity index (χ0n) is 12.1. The summed E-state index contributed by atoms with van der Waals surface area (Å²) in [6.45, 7) is 0. The van der Waals surface area contributed by atoms with E-state index in [-0.39, 0.29) is 11.3 Å². The van der Waals surface area contributed by atoms with E-state index >= 15 is 0 Å². The highest BCUT2D eigenvalue weighted by Crippen LogP contribution is 2.41. The monoisotopic (exact) mass is 299 g/mol. The molecule has 3 rings (SSSR count). The van der Waals surface area contributed by atoms with E-state index in [1.807, 2.05) is 0 Å². The Morgan fingerprint density at radius 2 is 1.60 bits per heavy atom. The molecule has 0 radical (unpaired) electrons. The van der Waals surface area contributed by atoms with Gasteiger partial charge < -0.3 is 10.4 Å². The third kappa shape index (κ3) is 2.85. The van der Waals surface area contributed by atoms with Gasteiger partial charge in [-0.15, -0.1) is 11.6 Å². The van der Waals surface area contributed by atoms with Crippen molar-refractivity contribution in [2.45, 2.75) is 75.2 Å². The molecule has 6 unspecified atom stereocenters. The number of piperidine rings is 1. The van der Waals surface area contributed by atoms with Crippen LogP contribution in [-0.4, -0.2) is 28.5 Å². The number of aliphatic carboxylic acids is 1. The van der Waals surface area contributed by atoms with Gasteiger partial charge in [0.25, 0.3) is 0 Å². The van der Waals surface area contributed by atoms with Gasteiger partial charge in [0.2, 0.25) is 0 Å². The molecule has 0 aromatic carbocycles. The van der Waals surface area contributed by atoms with E-state index in [0.29, 0.717) is 23.9 Å². The predicted octanol–water partition coefficient (Wildman–Crippen LogP) is 3.41. The molecule has 114 valence electrons. The van der Waals surface area contributed by atoms with Crippen molar-refractivity contribution in [2.75, 3.05) is 0 Å². The molecule has 6 atom stereocenters. The van der Waals surface area contributed by atoms with Crippen LogP contribution >= 0.6 is 11.6 Å². The summed E-state index contributed by atoms with van der Waals surface area (Å²) >= 11 is 6.53. The van der Waals surface area contributed by atoms with Crippen molar-refractivity contribution >= 4 is 17.6 Å². The number of carbonyl (C=O) groups is 1. The van der Waals surface area contributed by atoms with E-state index in [1.165, 1.54) is 25.7 Å². The minimum Gasteiger partial charge on any atom is -0.481 e. The largest absolute Gasteiger partial charge is 0.481 e. The van der Waals surface area contributed by atoms with E-state index in [4.69, 9.17) is 11.6 Å². The molecule has 2 N–H and O–H groups in total. The average molecular weight is 300 g/mol. The van der Waals surface area contributed by atoms with E-state index in [2.05, 4.69) is 5.32 Å². The van der Waals surface area contributed by atoms with Crippen LogP contribution in [0.3, 0.4) is 0 Å². The molecular weight excluding hydrogens is 274 g/mol. The van der Waals surface area contributed by atoms with Crippen molar-refractivity contribution in [1.82, 2.24) is 5.32 Å². The highest BCUT2D eigenvalue weighted by Gasteiger charge is 2.45. The summed E-state index contributed by atoms with van der Waals surface area (Å²) in [4.78, 5) is 11.7. The molecule has 3 fully saturated rings. The molecule has 0 spiro atoms. The minimum absolute atomic E-state index is 0.155. The van der Waals surface area contributed by atoms with Crippen LogP contribution in [0.5, 0.6) is 0 Å². The van der Waals surface area contributed by atoms with Gasteiger partial charge in [-0.05, 0) is 43.9 Å². The summed E-state index contributed by atoms with van der Waals surface area (Å²) in [5.74, 6) is 0.0673. The molecule has 1 saturated heterocycles. The molecule has 3 nitrogen and oxygen atoms in total. The minimum atomic E-state index is -0.588. The molecular formula is C16H26ClNO2. The summed E-state index contributed by atoms with van der Waals surface area (Å²) in [5, 5.41) is 13.6. The number of rotatable bonds is 2. The first-order chi connectivity index (χ1) is 9.66. The lowest BCUT2D eigenvalue weighted by Crippen LogP contribution is -2.58. The molecule has 0 aromatic rings. The van der Waals surface area contributed by atoms with E-state index in [0.717, 1.165) is 32.1 Å². The number of carboxylic acids is 1. The molecule has 20 heavy (non-hydrogen) atoms. The lowest BCUT2D eigenvalue weighted by molar-refractivity contribution is -0.147. The first-order valence-corrected chi connectivity index (χ1v) is 8.73. The summed E-state index contributed by atoms with van der Waals surface area (Å²) in [6, 6.07) is 0.729. The van der Waals surface area contributed by atoms with Crippen LogP contribution in [0, 0.1) is 17.8 Å². The van der Waals surface area contributed by atoms with Gasteiger partial charge in [-0.3, -0.25) is 4.79 Å². The molecule has 0 bridgehead atoms. The average Bonchev–Trinajstić information content (AvgIpc) is 2.46. The Bertz CT molecular complexity index is 362. The van der Waals surface area contributed by atoms with Crippen LogP contribution in [0.15, 0.2) is 0 Å². The second-order valence-electron chi connectivity index (χ2n) is 6.97. The standard InChI is InChI=1S/C16H26ClNO2/c17-13-7-3-1-6-11(13)15-9-12(16(19)20)10-5-2-4-8-14(10)18-15/h10-15,18H,1-9H2,(H,19,20). The number of hydrogen-bond donors (Lipinski definition) is 2. The summed E-state index contributed by atoms with van der Waals surface area (Å²) in [5.41, 5.74) is 0. The van der Waals surface area contributed by atoms with Crippen LogP contribution in [0.1, 0.15) is 57.8 Å². The summed E-state index contributed by atoms with van der Waals surface area (Å²) < 4.78 is 0. The maximum Gasteiger partial charge on any atom is 0.306 e. The van der Waals surface area contributed by atoms with Gasteiger partial charge in [-0.1, -0.05) is 25.7 Å². The number of nitrogens with one attached hydrogen (secondary N) is 1. The fourth-order valence-corrected chi connectivity index (χ4v) is 5.25. The quantitative estimate of drug-likeness (QED) is 0.768. The Kier molecular flexibility index (Phi) is 4.56. The summed E-state index contributed by atoms with van der Waals surface area (Å²) in [7, 11) is 0. The van der Waals surface area contributed by atoms with Gasteiger partial charge in [0.1, 0.15) is 0 Å². The predicted molar refractivity (Wildman–Crippen MR) is 80.0 cm³/mol. The third-order valence-electron chi connectivity index (χ3n) is 5.84. The molecule has 0 amide bonds. The molecule has 2 saturated carbocycles. The van der Waals surface area contributed by atoms with Crippen molar-refractivity contribution in [3.63, 3.8) is 0 Å². The highest BCUT2D eigenvalue weighted by molar-refractivity contribution is 6.20. The van der Waals surface area contributed by atoms with Crippen LogP contribution < -0.4 is 5.32 Å². The van der Waals surface area contributed by atoms with Crippen LogP contribution in [0.2, 0.25) is 0 Å². The molecule has 4 heteroatoms. The van der Waals surface area contributed by atoms with Crippen LogP contribution in [0.4, 0.5) is 0 Å². The number of fused-ring (bicyclic) bond motifs is 1. The SMILES string of the molecule is O=C(O)C1CC(C2CCCCC2Cl)NC2CCCCC21. The second-order valence-corrected chi connectivity index (χ2v) is 7.53. The first-order valence-electron chi connectivity index (χ1n) is 8.29.